The molecule has 0 aromatic rings. The second-order valence-electron chi connectivity index (χ2n) is 6.82. The lowest BCUT2D eigenvalue weighted by atomic mass is 10.1. The second kappa shape index (κ2) is 12.2. The first-order valence-electron chi connectivity index (χ1n) is 9.44. The summed E-state index contributed by atoms with van der Waals surface area (Å²) >= 11 is 1.66. The van der Waals surface area contributed by atoms with Crippen LogP contribution in [0.3, 0.4) is 0 Å². The zero-order chi connectivity index (χ0) is 17.8. The van der Waals surface area contributed by atoms with Gasteiger partial charge in [-0.2, -0.15) is 11.8 Å². The zero-order valence-electron chi connectivity index (χ0n) is 15.3. The first-order chi connectivity index (χ1) is 11.4. The Morgan fingerprint density at radius 3 is 2.04 bits per heavy atom. The molecule has 0 bridgehead atoms. The van der Waals surface area contributed by atoms with E-state index in [1.54, 1.807) is 11.8 Å². The minimum atomic E-state index is -3.05. The summed E-state index contributed by atoms with van der Waals surface area (Å²) in [5.41, 5.74) is 0. The van der Waals surface area contributed by atoms with Gasteiger partial charge in [-0.25, -0.2) is 8.42 Å². The van der Waals surface area contributed by atoms with Crippen molar-refractivity contribution < 1.29 is 17.9 Å². The Hall–Kier alpha value is -0.230. The summed E-state index contributed by atoms with van der Waals surface area (Å²) in [4.78, 5) is 11.1. The number of esters is 1. The molecule has 4 nitrogen and oxygen atoms in total. The average Bonchev–Trinajstić information content (AvgIpc) is 2.78. The van der Waals surface area contributed by atoms with Gasteiger partial charge in [-0.1, -0.05) is 64.7 Å². The van der Waals surface area contributed by atoms with E-state index in [0.717, 1.165) is 12.2 Å². The highest BCUT2D eigenvalue weighted by atomic mass is 32.2. The fourth-order valence-electron chi connectivity index (χ4n) is 3.09. The van der Waals surface area contributed by atoms with E-state index >= 15 is 0 Å². The third kappa shape index (κ3) is 9.92. The third-order valence-electron chi connectivity index (χ3n) is 4.40. The molecule has 0 N–H and O–H groups in total. The van der Waals surface area contributed by atoms with Gasteiger partial charge >= 0.3 is 5.97 Å². The normalized spacial score (nSPS) is 22.6. The zero-order valence-corrected chi connectivity index (χ0v) is 16.9. The van der Waals surface area contributed by atoms with Crippen LogP contribution in [0.15, 0.2) is 0 Å². The molecule has 0 aromatic carbocycles. The lowest BCUT2D eigenvalue weighted by Crippen LogP contribution is -2.27. The number of carbonyl (C=O) groups is 1. The van der Waals surface area contributed by atoms with E-state index in [-0.39, 0.29) is 22.7 Å². The van der Waals surface area contributed by atoms with Crippen molar-refractivity contribution in [2.45, 2.75) is 89.4 Å². The quantitative estimate of drug-likeness (QED) is 0.352. The van der Waals surface area contributed by atoms with Crippen LogP contribution in [0, 0.1) is 0 Å². The standard InChI is InChI=1S/C18H34O4S2/c1-3-4-5-6-7-8-9-10-11-12-13-23-18-15-24(20,21)14-17(18)22-16(2)19/h17-18H,3-15H2,1-2H3/t17-,18-/m0/s1. The Morgan fingerprint density at radius 2 is 1.50 bits per heavy atom. The molecule has 1 aliphatic rings. The van der Waals surface area contributed by atoms with Crippen molar-refractivity contribution in [3.63, 3.8) is 0 Å². The first-order valence-corrected chi connectivity index (χ1v) is 12.3. The summed E-state index contributed by atoms with van der Waals surface area (Å²) in [6, 6.07) is 0. The summed E-state index contributed by atoms with van der Waals surface area (Å²) in [7, 11) is -3.05. The van der Waals surface area contributed by atoms with Crippen molar-refractivity contribution in [3.8, 4) is 0 Å². The Kier molecular flexibility index (Phi) is 11.1. The Morgan fingerprint density at radius 1 is 0.958 bits per heavy atom. The van der Waals surface area contributed by atoms with E-state index in [0.29, 0.717) is 0 Å². The number of unbranched alkanes of at least 4 members (excludes halogenated alkanes) is 9. The van der Waals surface area contributed by atoms with E-state index in [2.05, 4.69) is 6.92 Å². The summed E-state index contributed by atoms with van der Waals surface area (Å²) in [6.45, 7) is 3.59. The van der Waals surface area contributed by atoms with E-state index in [1.807, 2.05) is 0 Å². The molecule has 0 amide bonds. The molecule has 6 heteroatoms. The molecule has 0 unspecified atom stereocenters. The Balaban J connectivity index is 2.04. The molecule has 0 spiro atoms. The van der Waals surface area contributed by atoms with E-state index in [1.165, 1.54) is 64.7 Å². The van der Waals surface area contributed by atoms with Crippen molar-refractivity contribution >= 4 is 27.6 Å². The van der Waals surface area contributed by atoms with E-state index in [4.69, 9.17) is 4.74 Å². The van der Waals surface area contributed by atoms with Crippen LogP contribution in [0.25, 0.3) is 0 Å². The number of thioether (sulfide) groups is 1. The fourth-order valence-corrected chi connectivity index (χ4v) is 6.91. The van der Waals surface area contributed by atoms with E-state index in [9.17, 15) is 13.2 Å². The molecule has 0 aliphatic carbocycles. The van der Waals surface area contributed by atoms with Gasteiger partial charge in [0.2, 0.25) is 0 Å². The van der Waals surface area contributed by atoms with Crippen LogP contribution in [-0.2, 0) is 19.4 Å². The molecule has 0 aromatic heterocycles. The molecule has 1 rings (SSSR count). The fraction of sp³-hybridized carbons (Fsp3) is 0.944. The monoisotopic (exact) mass is 378 g/mol. The highest BCUT2D eigenvalue weighted by molar-refractivity contribution is 8.01. The molecule has 142 valence electrons. The smallest absolute Gasteiger partial charge is 0.302 e. The van der Waals surface area contributed by atoms with Gasteiger partial charge < -0.3 is 4.74 Å². The molecule has 2 atom stereocenters. The Labute approximate surface area is 152 Å². The van der Waals surface area contributed by atoms with Gasteiger partial charge in [-0.05, 0) is 12.2 Å². The topological polar surface area (TPSA) is 60.4 Å². The van der Waals surface area contributed by atoms with Crippen molar-refractivity contribution in [2.75, 3.05) is 17.3 Å². The molecular formula is C18H34O4S2. The van der Waals surface area contributed by atoms with Crippen LogP contribution in [0.5, 0.6) is 0 Å². The maximum Gasteiger partial charge on any atom is 0.302 e. The van der Waals surface area contributed by atoms with Crippen LogP contribution in [0.1, 0.15) is 78.1 Å². The highest BCUT2D eigenvalue weighted by Gasteiger charge is 2.39. The first kappa shape index (κ1) is 21.8. The van der Waals surface area contributed by atoms with Gasteiger partial charge in [-0.3, -0.25) is 4.79 Å². The van der Waals surface area contributed by atoms with Crippen molar-refractivity contribution in [2.24, 2.45) is 0 Å². The molecule has 0 radical (unpaired) electrons. The summed E-state index contributed by atoms with van der Waals surface area (Å²) in [6.07, 6.45) is 12.6. The van der Waals surface area contributed by atoms with Gasteiger partial charge in [0.15, 0.2) is 9.84 Å². The summed E-state index contributed by atoms with van der Waals surface area (Å²) in [5, 5.41) is -0.0857. The number of hydrogen-bond acceptors (Lipinski definition) is 5. The highest BCUT2D eigenvalue weighted by Crippen LogP contribution is 2.28. The molecule has 1 heterocycles. The minimum absolute atomic E-state index is 0.0116. The second-order valence-corrected chi connectivity index (χ2v) is 10.3. The lowest BCUT2D eigenvalue weighted by molar-refractivity contribution is -0.144. The predicted molar refractivity (Wildman–Crippen MR) is 102 cm³/mol. The number of rotatable bonds is 13. The van der Waals surface area contributed by atoms with Crippen LogP contribution in [0.2, 0.25) is 0 Å². The molecule has 1 aliphatic heterocycles. The summed E-state index contributed by atoms with van der Waals surface area (Å²) in [5.74, 6) is 0.700. The summed E-state index contributed by atoms with van der Waals surface area (Å²) < 4.78 is 28.6. The lowest BCUT2D eigenvalue weighted by Gasteiger charge is -2.17. The number of carbonyl (C=O) groups excluding carboxylic acids is 1. The molecule has 24 heavy (non-hydrogen) atoms. The molecule has 0 saturated carbocycles. The Bertz CT molecular complexity index is 448. The van der Waals surface area contributed by atoms with Gasteiger partial charge in [0.05, 0.1) is 16.8 Å². The van der Waals surface area contributed by atoms with Crippen molar-refractivity contribution in [1.82, 2.24) is 0 Å². The predicted octanol–water partition coefficient (Wildman–Crippen LogP) is 4.37. The van der Waals surface area contributed by atoms with E-state index < -0.39 is 15.9 Å². The maximum absolute atomic E-state index is 11.7. The average molecular weight is 379 g/mol. The largest absolute Gasteiger partial charge is 0.460 e. The maximum atomic E-state index is 11.7. The SMILES string of the molecule is CCCCCCCCCCCCS[C@H]1CS(=O)(=O)C[C@@H]1OC(C)=O. The molecular weight excluding hydrogens is 344 g/mol. The van der Waals surface area contributed by atoms with Gasteiger partial charge in [0.1, 0.15) is 6.10 Å². The number of sulfone groups is 1. The van der Waals surface area contributed by atoms with Crippen LogP contribution in [0.4, 0.5) is 0 Å². The number of hydrogen-bond donors (Lipinski definition) is 0. The molecule has 1 fully saturated rings. The molecule has 1 saturated heterocycles. The number of ether oxygens (including phenoxy) is 1. The van der Waals surface area contributed by atoms with Crippen LogP contribution < -0.4 is 0 Å². The van der Waals surface area contributed by atoms with Gasteiger partial charge in [-0.15, -0.1) is 0 Å². The van der Waals surface area contributed by atoms with Crippen molar-refractivity contribution in [3.05, 3.63) is 0 Å². The van der Waals surface area contributed by atoms with Gasteiger partial charge in [0, 0.05) is 6.92 Å². The van der Waals surface area contributed by atoms with Gasteiger partial charge in [0.25, 0.3) is 0 Å². The third-order valence-corrected chi connectivity index (χ3v) is 7.74. The van der Waals surface area contributed by atoms with Crippen LogP contribution >= 0.6 is 11.8 Å². The minimum Gasteiger partial charge on any atom is -0.460 e. The van der Waals surface area contributed by atoms with Crippen LogP contribution in [-0.4, -0.2) is 43.0 Å². The van der Waals surface area contributed by atoms with Crippen molar-refractivity contribution in [1.29, 1.82) is 0 Å².